The highest BCUT2D eigenvalue weighted by molar-refractivity contribution is 6.41. The molecule has 2 rings (SSSR count). The molecule has 0 radical (unpaired) electrons. The number of aromatic nitrogens is 2. The fourth-order valence-electron chi connectivity index (χ4n) is 2.05. The summed E-state index contributed by atoms with van der Waals surface area (Å²) < 4.78 is 1.13. The summed E-state index contributed by atoms with van der Waals surface area (Å²) in [5.41, 5.74) is 0.504. The van der Waals surface area contributed by atoms with Crippen molar-refractivity contribution in [1.82, 2.24) is 20.0 Å². The van der Waals surface area contributed by atoms with Gasteiger partial charge in [0.05, 0.1) is 16.9 Å². The van der Waals surface area contributed by atoms with Crippen molar-refractivity contribution in [3.63, 3.8) is 0 Å². The van der Waals surface area contributed by atoms with Crippen LogP contribution in [0, 0.1) is 0 Å². The number of hydrogen-bond donors (Lipinski definition) is 1. The number of nitrogens with one attached hydrogen (secondary N) is 1. The summed E-state index contributed by atoms with van der Waals surface area (Å²) in [4.78, 5) is 26.2. The van der Waals surface area contributed by atoms with Gasteiger partial charge in [0.15, 0.2) is 0 Å². The van der Waals surface area contributed by atoms with Gasteiger partial charge in [-0.25, -0.2) is 0 Å². The summed E-state index contributed by atoms with van der Waals surface area (Å²) in [7, 11) is 3.97. The Morgan fingerprint density at radius 2 is 1.92 bits per heavy atom. The predicted octanol–water partition coefficient (Wildman–Crippen LogP) is 2.22. The average molecular weight is 369 g/mol. The maximum Gasteiger partial charge on any atom is 0.291 e. The summed E-state index contributed by atoms with van der Waals surface area (Å²) in [6.45, 7) is 1.51. The number of carbonyl (C=O) groups excluding carboxylic acids is 1. The van der Waals surface area contributed by atoms with Gasteiger partial charge in [0.1, 0.15) is 5.02 Å². The second-order valence-corrected chi connectivity index (χ2v) is 6.27. The monoisotopic (exact) mass is 368 g/mol. The second-order valence-electron chi connectivity index (χ2n) is 5.48. The molecule has 2 aromatic rings. The molecule has 0 saturated carbocycles. The van der Waals surface area contributed by atoms with Gasteiger partial charge in [-0.05, 0) is 51.3 Å². The first-order valence-electron chi connectivity index (χ1n) is 7.37. The van der Waals surface area contributed by atoms with Gasteiger partial charge in [0.25, 0.3) is 11.5 Å². The molecule has 0 spiro atoms. The Balaban J connectivity index is 2.07. The van der Waals surface area contributed by atoms with Crippen LogP contribution in [0.3, 0.4) is 0 Å². The van der Waals surface area contributed by atoms with E-state index in [2.05, 4.69) is 15.3 Å². The molecule has 6 nitrogen and oxygen atoms in total. The lowest BCUT2D eigenvalue weighted by Crippen LogP contribution is -2.27. The highest BCUT2D eigenvalue weighted by atomic mass is 35.5. The minimum Gasteiger partial charge on any atom is -0.352 e. The number of amides is 1. The predicted molar refractivity (Wildman–Crippen MR) is 95.4 cm³/mol. The van der Waals surface area contributed by atoms with Gasteiger partial charge in [0, 0.05) is 12.1 Å². The van der Waals surface area contributed by atoms with E-state index in [1.54, 1.807) is 24.3 Å². The molecule has 0 aliphatic heterocycles. The van der Waals surface area contributed by atoms with Crippen LogP contribution in [0.15, 0.2) is 35.3 Å². The number of hydrogen-bond acceptors (Lipinski definition) is 4. The summed E-state index contributed by atoms with van der Waals surface area (Å²) in [6.07, 6.45) is 2.18. The molecule has 1 N–H and O–H groups in total. The molecular weight excluding hydrogens is 351 g/mol. The molecule has 0 aliphatic rings. The molecule has 0 unspecified atom stereocenters. The van der Waals surface area contributed by atoms with Crippen molar-refractivity contribution >= 4 is 29.1 Å². The van der Waals surface area contributed by atoms with Crippen LogP contribution >= 0.6 is 23.2 Å². The van der Waals surface area contributed by atoms with E-state index in [0.29, 0.717) is 17.8 Å². The third-order valence-electron chi connectivity index (χ3n) is 3.32. The summed E-state index contributed by atoms with van der Waals surface area (Å²) in [5.74, 6) is -0.158. The molecule has 0 fully saturated rings. The van der Waals surface area contributed by atoms with Crippen molar-refractivity contribution < 1.29 is 4.79 Å². The first-order chi connectivity index (χ1) is 11.4. The Hall–Kier alpha value is -1.89. The fraction of sp³-hybridized carbons (Fsp3) is 0.312. The Morgan fingerprint density at radius 1 is 1.25 bits per heavy atom. The van der Waals surface area contributed by atoms with E-state index in [1.165, 1.54) is 6.20 Å². The van der Waals surface area contributed by atoms with Crippen molar-refractivity contribution in [2.45, 2.75) is 6.42 Å². The number of carbonyl (C=O) groups is 1. The van der Waals surface area contributed by atoms with Crippen molar-refractivity contribution in [3.05, 3.63) is 56.4 Å². The number of halogens is 2. The third-order valence-corrected chi connectivity index (χ3v) is 4.07. The number of nitrogens with zero attached hydrogens (tertiary/aromatic N) is 3. The molecule has 0 aliphatic carbocycles. The van der Waals surface area contributed by atoms with Gasteiger partial charge < -0.3 is 10.2 Å². The number of benzene rings is 1. The van der Waals surface area contributed by atoms with Crippen LogP contribution in [0.25, 0.3) is 5.69 Å². The molecule has 0 bridgehead atoms. The Kier molecular flexibility index (Phi) is 6.36. The van der Waals surface area contributed by atoms with Crippen LogP contribution in [0.4, 0.5) is 0 Å². The highest BCUT2D eigenvalue weighted by Gasteiger charge is 2.10. The third kappa shape index (κ3) is 4.56. The summed E-state index contributed by atoms with van der Waals surface area (Å²) in [5, 5.41) is 6.81. The van der Waals surface area contributed by atoms with Crippen LogP contribution in [0.2, 0.25) is 10.0 Å². The molecule has 1 amide bonds. The minimum absolute atomic E-state index is 0.0885. The van der Waals surface area contributed by atoms with Gasteiger partial charge in [0.2, 0.25) is 0 Å². The Morgan fingerprint density at radius 3 is 2.54 bits per heavy atom. The smallest absolute Gasteiger partial charge is 0.291 e. The van der Waals surface area contributed by atoms with E-state index in [4.69, 9.17) is 23.2 Å². The van der Waals surface area contributed by atoms with Gasteiger partial charge in [-0.2, -0.15) is 9.78 Å². The highest BCUT2D eigenvalue weighted by Crippen LogP contribution is 2.16. The number of rotatable bonds is 6. The molecule has 0 atom stereocenters. The molecule has 8 heteroatoms. The first-order valence-corrected chi connectivity index (χ1v) is 8.12. The van der Waals surface area contributed by atoms with Gasteiger partial charge >= 0.3 is 0 Å². The lowest BCUT2D eigenvalue weighted by molar-refractivity contribution is 0.0952. The standard InChI is InChI=1S/C16H18Cl2N4O2/c1-21(2)9-3-8-19-15(23)11-4-6-12(7-5-11)22-16(24)14(18)13(17)10-20-22/h4-7,10H,3,8-9H2,1-2H3,(H,19,23). The van der Waals surface area contributed by atoms with E-state index in [0.717, 1.165) is 17.6 Å². The zero-order chi connectivity index (χ0) is 17.7. The normalized spacial score (nSPS) is 10.9. The lowest BCUT2D eigenvalue weighted by atomic mass is 10.2. The van der Waals surface area contributed by atoms with Crippen LogP contribution in [-0.2, 0) is 0 Å². The van der Waals surface area contributed by atoms with Crippen LogP contribution in [0.5, 0.6) is 0 Å². The topological polar surface area (TPSA) is 67.2 Å². The SMILES string of the molecule is CN(C)CCCNC(=O)c1ccc(-n2ncc(Cl)c(Cl)c2=O)cc1. The van der Waals surface area contributed by atoms with Gasteiger partial charge in [-0.3, -0.25) is 9.59 Å². The zero-order valence-electron chi connectivity index (χ0n) is 13.4. The Bertz CT molecular complexity index is 773. The molecular formula is C16H18Cl2N4O2. The molecule has 1 heterocycles. The van der Waals surface area contributed by atoms with Crippen LogP contribution < -0.4 is 10.9 Å². The summed E-state index contributed by atoms with van der Waals surface area (Å²) >= 11 is 11.6. The molecule has 128 valence electrons. The van der Waals surface area contributed by atoms with Crippen molar-refractivity contribution in [1.29, 1.82) is 0 Å². The van der Waals surface area contributed by atoms with E-state index in [1.807, 2.05) is 14.1 Å². The van der Waals surface area contributed by atoms with E-state index >= 15 is 0 Å². The molecule has 0 saturated heterocycles. The lowest BCUT2D eigenvalue weighted by Gasteiger charge is -2.10. The van der Waals surface area contributed by atoms with Gasteiger partial charge in [-0.15, -0.1) is 0 Å². The average Bonchev–Trinajstić information content (AvgIpc) is 2.56. The van der Waals surface area contributed by atoms with Gasteiger partial charge in [-0.1, -0.05) is 23.2 Å². The van der Waals surface area contributed by atoms with Crippen LogP contribution in [0.1, 0.15) is 16.8 Å². The minimum atomic E-state index is -0.509. The van der Waals surface area contributed by atoms with Crippen molar-refractivity contribution in [2.75, 3.05) is 27.2 Å². The van der Waals surface area contributed by atoms with E-state index < -0.39 is 5.56 Å². The van der Waals surface area contributed by atoms with E-state index in [9.17, 15) is 9.59 Å². The maximum absolute atomic E-state index is 12.1. The maximum atomic E-state index is 12.1. The largest absolute Gasteiger partial charge is 0.352 e. The summed E-state index contributed by atoms with van der Waals surface area (Å²) in [6, 6.07) is 6.53. The Labute approximate surface area is 150 Å². The van der Waals surface area contributed by atoms with Crippen LogP contribution in [-0.4, -0.2) is 47.8 Å². The quantitative estimate of drug-likeness (QED) is 0.793. The molecule has 24 heavy (non-hydrogen) atoms. The molecule has 1 aromatic heterocycles. The van der Waals surface area contributed by atoms with Crippen molar-refractivity contribution in [2.24, 2.45) is 0 Å². The molecule has 1 aromatic carbocycles. The fourth-order valence-corrected chi connectivity index (χ4v) is 2.30. The van der Waals surface area contributed by atoms with Crippen molar-refractivity contribution in [3.8, 4) is 5.69 Å². The first kappa shape index (κ1) is 18.4. The second kappa shape index (κ2) is 8.28. The zero-order valence-corrected chi connectivity index (χ0v) is 14.9. The van der Waals surface area contributed by atoms with E-state index in [-0.39, 0.29) is 16.0 Å².